The Morgan fingerprint density at radius 2 is 1.60 bits per heavy atom. The van der Waals surface area contributed by atoms with Crippen molar-refractivity contribution in [3.63, 3.8) is 0 Å². The molecular weight excluding hydrogens is 254 g/mol. The molecule has 1 heterocycles. The number of urea groups is 1. The summed E-state index contributed by atoms with van der Waals surface area (Å²) in [5.74, 6) is 0.0785. The van der Waals surface area contributed by atoms with E-state index in [-0.39, 0.29) is 11.9 Å². The molecule has 1 saturated heterocycles. The van der Waals surface area contributed by atoms with Crippen molar-refractivity contribution in [1.82, 2.24) is 14.7 Å². The van der Waals surface area contributed by atoms with E-state index in [2.05, 4.69) is 0 Å². The van der Waals surface area contributed by atoms with Gasteiger partial charge in [-0.3, -0.25) is 4.79 Å². The lowest BCUT2D eigenvalue weighted by atomic mass is 10.2. The highest BCUT2D eigenvalue weighted by atomic mass is 16.2. The molecule has 2 rings (SSSR count). The Morgan fingerprint density at radius 1 is 1.05 bits per heavy atom. The number of carbonyl (C=O) groups excluding carboxylic acids is 2. The highest BCUT2D eigenvalue weighted by Gasteiger charge is 2.24. The second kappa shape index (κ2) is 6.41. The van der Waals surface area contributed by atoms with Gasteiger partial charge in [-0.15, -0.1) is 0 Å². The van der Waals surface area contributed by atoms with Crippen LogP contribution in [0.2, 0.25) is 0 Å². The van der Waals surface area contributed by atoms with E-state index in [4.69, 9.17) is 0 Å². The summed E-state index contributed by atoms with van der Waals surface area (Å²) < 4.78 is 0. The normalized spacial score (nSPS) is 15.1. The van der Waals surface area contributed by atoms with Gasteiger partial charge in [0.1, 0.15) is 0 Å². The predicted octanol–water partition coefficient (Wildman–Crippen LogP) is 1.40. The van der Waals surface area contributed by atoms with Gasteiger partial charge in [0, 0.05) is 46.7 Å². The number of piperazine rings is 1. The molecule has 20 heavy (non-hydrogen) atoms. The Hall–Kier alpha value is -2.04. The molecule has 0 N–H and O–H groups in total. The third-order valence-electron chi connectivity index (χ3n) is 3.58. The van der Waals surface area contributed by atoms with Crippen LogP contribution in [0.1, 0.15) is 12.5 Å². The minimum atomic E-state index is 0.0251. The van der Waals surface area contributed by atoms with Crippen molar-refractivity contribution in [2.75, 3.05) is 33.2 Å². The smallest absolute Gasteiger partial charge is 0.320 e. The lowest BCUT2D eigenvalue weighted by molar-refractivity contribution is -0.130. The highest BCUT2D eigenvalue weighted by molar-refractivity contribution is 5.76. The summed E-state index contributed by atoms with van der Waals surface area (Å²) in [6, 6.07) is 9.96. The fraction of sp³-hybridized carbons (Fsp3) is 0.467. The Morgan fingerprint density at radius 3 is 2.15 bits per heavy atom. The number of hydrogen-bond donors (Lipinski definition) is 0. The summed E-state index contributed by atoms with van der Waals surface area (Å²) in [4.78, 5) is 28.9. The summed E-state index contributed by atoms with van der Waals surface area (Å²) in [5.41, 5.74) is 1.12. The van der Waals surface area contributed by atoms with Crippen LogP contribution in [0.4, 0.5) is 4.79 Å². The summed E-state index contributed by atoms with van der Waals surface area (Å²) in [6.45, 7) is 4.64. The maximum absolute atomic E-state index is 12.3. The molecular formula is C15H21N3O2. The molecule has 0 aromatic heterocycles. The van der Waals surface area contributed by atoms with Gasteiger partial charge < -0.3 is 14.7 Å². The molecule has 0 radical (unpaired) electrons. The zero-order valence-electron chi connectivity index (χ0n) is 12.1. The van der Waals surface area contributed by atoms with Gasteiger partial charge in [0.2, 0.25) is 5.91 Å². The van der Waals surface area contributed by atoms with E-state index in [1.165, 1.54) is 0 Å². The maximum Gasteiger partial charge on any atom is 0.320 e. The van der Waals surface area contributed by atoms with Crippen LogP contribution in [-0.4, -0.2) is 59.9 Å². The molecule has 0 aliphatic carbocycles. The second-order valence-corrected chi connectivity index (χ2v) is 5.12. The van der Waals surface area contributed by atoms with Crippen molar-refractivity contribution in [3.05, 3.63) is 35.9 Å². The van der Waals surface area contributed by atoms with E-state index < -0.39 is 0 Å². The third kappa shape index (κ3) is 3.50. The molecule has 0 atom stereocenters. The van der Waals surface area contributed by atoms with E-state index >= 15 is 0 Å². The average Bonchev–Trinajstić information content (AvgIpc) is 2.47. The van der Waals surface area contributed by atoms with E-state index in [1.807, 2.05) is 42.3 Å². The molecule has 0 saturated carbocycles. The highest BCUT2D eigenvalue weighted by Crippen LogP contribution is 2.08. The van der Waals surface area contributed by atoms with Crippen molar-refractivity contribution in [3.8, 4) is 0 Å². The van der Waals surface area contributed by atoms with Crippen LogP contribution in [0.3, 0.4) is 0 Å². The maximum atomic E-state index is 12.3. The van der Waals surface area contributed by atoms with Crippen molar-refractivity contribution in [1.29, 1.82) is 0 Å². The molecule has 1 aliphatic rings. The first-order chi connectivity index (χ1) is 9.58. The van der Waals surface area contributed by atoms with Gasteiger partial charge in [0.25, 0.3) is 0 Å². The SMILES string of the molecule is CC(=O)N1CCN(C(=O)N(C)Cc2ccccc2)CC1. The third-order valence-corrected chi connectivity index (χ3v) is 3.58. The monoisotopic (exact) mass is 275 g/mol. The van der Waals surface area contributed by atoms with Gasteiger partial charge in [0.15, 0.2) is 0 Å². The number of hydrogen-bond acceptors (Lipinski definition) is 2. The van der Waals surface area contributed by atoms with Gasteiger partial charge in [-0.1, -0.05) is 30.3 Å². The van der Waals surface area contributed by atoms with Gasteiger partial charge in [0.05, 0.1) is 0 Å². The van der Waals surface area contributed by atoms with E-state index in [1.54, 1.807) is 16.7 Å². The molecule has 1 aliphatic heterocycles. The van der Waals surface area contributed by atoms with Crippen molar-refractivity contribution < 1.29 is 9.59 Å². The van der Waals surface area contributed by atoms with Gasteiger partial charge in [-0.25, -0.2) is 4.79 Å². The van der Waals surface area contributed by atoms with Gasteiger partial charge in [-0.05, 0) is 5.56 Å². The first-order valence-electron chi connectivity index (χ1n) is 6.87. The molecule has 0 unspecified atom stereocenters. The van der Waals surface area contributed by atoms with Crippen LogP contribution in [0.25, 0.3) is 0 Å². The minimum absolute atomic E-state index is 0.0251. The molecule has 1 fully saturated rings. The summed E-state index contributed by atoms with van der Waals surface area (Å²) >= 11 is 0. The Kier molecular flexibility index (Phi) is 4.61. The lowest BCUT2D eigenvalue weighted by Crippen LogP contribution is -2.52. The van der Waals surface area contributed by atoms with Crippen molar-refractivity contribution in [2.24, 2.45) is 0 Å². The molecule has 108 valence electrons. The molecule has 3 amide bonds. The fourth-order valence-electron chi connectivity index (χ4n) is 2.38. The van der Waals surface area contributed by atoms with Gasteiger partial charge in [-0.2, -0.15) is 0 Å². The predicted molar refractivity (Wildman–Crippen MR) is 77.1 cm³/mol. The van der Waals surface area contributed by atoms with E-state index in [9.17, 15) is 9.59 Å². The Balaban J connectivity index is 1.87. The fourth-order valence-corrected chi connectivity index (χ4v) is 2.38. The Labute approximate surface area is 119 Å². The van der Waals surface area contributed by atoms with Crippen LogP contribution in [0.15, 0.2) is 30.3 Å². The molecule has 0 spiro atoms. The number of benzene rings is 1. The standard InChI is InChI=1S/C15H21N3O2/c1-13(19)17-8-10-18(11-9-17)15(20)16(2)12-14-6-4-3-5-7-14/h3-7H,8-12H2,1-2H3. The first-order valence-corrected chi connectivity index (χ1v) is 6.87. The number of nitrogens with zero attached hydrogens (tertiary/aromatic N) is 3. The number of rotatable bonds is 2. The summed E-state index contributed by atoms with van der Waals surface area (Å²) in [5, 5.41) is 0. The van der Waals surface area contributed by atoms with Crippen LogP contribution in [0, 0.1) is 0 Å². The summed E-state index contributed by atoms with van der Waals surface area (Å²) in [6.07, 6.45) is 0. The minimum Gasteiger partial charge on any atom is -0.339 e. The lowest BCUT2D eigenvalue weighted by Gasteiger charge is -2.36. The summed E-state index contributed by atoms with van der Waals surface area (Å²) in [7, 11) is 1.81. The zero-order chi connectivity index (χ0) is 14.5. The average molecular weight is 275 g/mol. The molecule has 5 nitrogen and oxygen atoms in total. The second-order valence-electron chi connectivity index (χ2n) is 5.12. The Bertz CT molecular complexity index is 467. The quantitative estimate of drug-likeness (QED) is 0.819. The van der Waals surface area contributed by atoms with Crippen molar-refractivity contribution >= 4 is 11.9 Å². The zero-order valence-corrected chi connectivity index (χ0v) is 12.1. The molecule has 0 bridgehead atoms. The number of carbonyl (C=O) groups is 2. The van der Waals surface area contributed by atoms with E-state index in [0.717, 1.165) is 5.56 Å². The molecule has 1 aromatic carbocycles. The molecule has 1 aromatic rings. The van der Waals surface area contributed by atoms with Crippen molar-refractivity contribution in [2.45, 2.75) is 13.5 Å². The van der Waals surface area contributed by atoms with Crippen LogP contribution in [0.5, 0.6) is 0 Å². The first kappa shape index (κ1) is 14.4. The van der Waals surface area contributed by atoms with Crippen LogP contribution in [-0.2, 0) is 11.3 Å². The van der Waals surface area contributed by atoms with Crippen LogP contribution < -0.4 is 0 Å². The topological polar surface area (TPSA) is 43.9 Å². The molecule has 5 heteroatoms. The van der Waals surface area contributed by atoms with E-state index in [0.29, 0.717) is 32.7 Å². The number of amides is 3. The van der Waals surface area contributed by atoms with Gasteiger partial charge >= 0.3 is 6.03 Å². The van der Waals surface area contributed by atoms with Crippen LogP contribution >= 0.6 is 0 Å². The largest absolute Gasteiger partial charge is 0.339 e.